The summed E-state index contributed by atoms with van der Waals surface area (Å²) in [5, 5.41) is 8.85. The fourth-order valence-electron chi connectivity index (χ4n) is 1.24. The maximum absolute atomic E-state index is 12.0. The van der Waals surface area contributed by atoms with E-state index < -0.39 is 0 Å². The highest BCUT2D eigenvalue weighted by Gasteiger charge is 2.12. The van der Waals surface area contributed by atoms with Gasteiger partial charge in [-0.15, -0.1) is 5.10 Å². The van der Waals surface area contributed by atoms with Crippen LogP contribution in [0.1, 0.15) is 10.4 Å². The summed E-state index contributed by atoms with van der Waals surface area (Å²) in [6, 6.07) is 5.42. The lowest BCUT2D eigenvalue weighted by molar-refractivity contribution is 0.102. The largest absolute Gasteiger partial charge is 0.466 e. The average molecular weight is 376 g/mol. The molecule has 1 aromatic carbocycles. The Balaban J connectivity index is 2.16. The number of halogens is 2. The van der Waals surface area contributed by atoms with Gasteiger partial charge >= 0.3 is 6.01 Å². The van der Waals surface area contributed by atoms with Crippen LogP contribution < -0.4 is 10.1 Å². The molecule has 0 aliphatic heterocycles. The lowest BCUT2D eigenvalue weighted by Gasteiger charge is -2.04. The van der Waals surface area contributed by atoms with Gasteiger partial charge in [-0.2, -0.15) is 4.98 Å². The Kier molecular flexibility index (Phi) is 3.97. The van der Waals surface area contributed by atoms with Gasteiger partial charge in [0.1, 0.15) is 0 Å². The first-order chi connectivity index (χ1) is 8.60. The van der Waals surface area contributed by atoms with Crippen LogP contribution in [0.4, 0.5) is 5.95 Å². The third-order valence-electron chi connectivity index (χ3n) is 2.06. The Labute approximate surface area is 119 Å². The van der Waals surface area contributed by atoms with Crippen molar-refractivity contribution in [3.8, 4) is 6.01 Å². The molecular formula is C10H8Br2N4O2. The molecule has 6 nitrogen and oxygen atoms in total. The number of nitrogens with zero attached hydrogens (tertiary/aromatic N) is 2. The average Bonchev–Trinajstić information content (AvgIpc) is 2.76. The van der Waals surface area contributed by atoms with Crippen molar-refractivity contribution in [1.82, 2.24) is 15.2 Å². The van der Waals surface area contributed by atoms with Gasteiger partial charge in [-0.1, -0.05) is 15.9 Å². The first kappa shape index (κ1) is 13.0. The van der Waals surface area contributed by atoms with Crippen LogP contribution >= 0.6 is 31.9 Å². The molecule has 0 fully saturated rings. The number of benzene rings is 1. The molecule has 2 aromatic rings. The van der Waals surface area contributed by atoms with E-state index in [2.05, 4.69) is 52.4 Å². The van der Waals surface area contributed by atoms with Crippen molar-refractivity contribution in [2.45, 2.75) is 0 Å². The molecule has 0 radical (unpaired) electrons. The number of amides is 1. The lowest BCUT2D eigenvalue weighted by atomic mass is 10.2. The SMILES string of the molecule is COc1n[nH]c(NC(=O)c2ccc(Br)cc2Br)n1. The molecule has 0 atom stereocenters. The first-order valence-electron chi connectivity index (χ1n) is 4.83. The van der Waals surface area contributed by atoms with E-state index in [1.54, 1.807) is 18.2 Å². The smallest absolute Gasteiger partial charge is 0.336 e. The fraction of sp³-hybridized carbons (Fsp3) is 0.100. The number of rotatable bonds is 3. The number of aromatic amines is 1. The zero-order chi connectivity index (χ0) is 13.1. The van der Waals surface area contributed by atoms with Gasteiger partial charge in [-0.25, -0.2) is 5.10 Å². The van der Waals surface area contributed by atoms with Gasteiger partial charge in [0, 0.05) is 8.95 Å². The maximum Gasteiger partial charge on any atom is 0.336 e. The summed E-state index contributed by atoms with van der Waals surface area (Å²) in [6.45, 7) is 0. The van der Waals surface area contributed by atoms with E-state index in [4.69, 9.17) is 4.74 Å². The monoisotopic (exact) mass is 374 g/mol. The molecule has 0 saturated heterocycles. The van der Waals surface area contributed by atoms with Crippen molar-refractivity contribution < 1.29 is 9.53 Å². The molecule has 0 bridgehead atoms. The van der Waals surface area contributed by atoms with Gasteiger partial charge in [0.2, 0.25) is 5.95 Å². The molecule has 1 amide bonds. The molecule has 0 unspecified atom stereocenters. The molecule has 8 heteroatoms. The number of methoxy groups -OCH3 is 1. The summed E-state index contributed by atoms with van der Waals surface area (Å²) in [7, 11) is 1.44. The topological polar surface area (TPSA) is 79.9 Å². The van der Waals surface area contributed by atoms with Gasteiger partial charge in [-0.05, 0) is 34.1 Å². The third kappa shape index (κ3) is 2.88. The van der Waals surface area contributed by atoms with Gasteiger partial charge in [0.25, 0.3) is 5.91 Å². The Morgan fingerprint density at radius 2 is 2.22 bits per heavy atom. The van der Waals surface area contributed by atoms with Crippen LogP contribution in [0.25, 0.3) is 0 Å². The number of nitrogens with one attached hydrogen (secondary N) is 2. The molecule has 1 heterocycles. The van der Waals surface area contributed by atoms with Crippen molar-refractivity contribution in [3.63, 3.8) is 0 Å². The minimum absolute atomic E-state index is 0.167. The highest BCUT2D eigenvalue weighted by atomic mass is 79.9. The first-order valence-corrected chi connectivity index (χ1v) is 6.41. The minimum Gasteiger partial charge on any atom is -0.466 e. The van der Waals surface area contributed by atoms with Crippen molar-refractivity contribution >= 4 is 43.7 Å². The summed E-state index contributed by atoms with van der Waals surface area (Å²) < 4.78 is 6.36. The molecule has 2 rings (SSSR count). The molecule has 0 spiro atoms. The predicted molar refractivity (Wildman–Crippen MR) is 72.7 cm³/mol. The Bertz CT molecular complexity index is 585. The van der Waals surface area contributed by atoms with Crippen LogP contribution in [0.3, 0.4) is 0 Å². The van der Waals surface area contributed by atoms with Crippen LogP contribution in [0.15, 0.2) is 27.1 Å². The molecule has 1 aromatic heterocycles. The van der Waals surface area contributed by atoms with Crippen LogP contribution in [0.2, 0.25) is 0 Å². The molecule has 94 valence electrons. The van der Waals surface area contributed by atoms with E-state index in [1.807, 2.05) is 0 Å². The Morgan fingerprint density at radius 1 is 1.44 bits per heavy atom. The Hall–Kier alpha value is -1.41. The summed E-state index contributed by atoms with van der Waals surface area (Å²) in [6.07, 6.45) is 0. The molecule has 0 aliphatic carbocycles. The fourth-order valence-corrected chi connectivity index (χ4v) is 2.47. The van der Waals surface area contributed by atoms with E-state index in [1.165, 1.54) is 7.11 Å². The van der Waals surface area contributed by atoms with Gasteiger partial charge < -0.3 is 4.74 Å². The van der Waals surface area contributed by atoms with Crippen LogP contribution in [0, 0.1) is 0 Å². The summed E-state index contributed by atoms with van der Waals surface area (Å²) in [5.74, 6) is -0.0696. The number of hydrogen-bond acceptors (Lipinski definition) is 4. The lowest BCUT2D eigenvalue weighted by Crippen LogP contribution is -2.13. The standard InChI is InChI=1S/C10H8Br2N4O2/c1-18-10-14-9(15-16-10)13-8(17)6-3-2-5(11)4-7(6)12/h2-4H,1H3,(H2,13,14,15,16,17). The van der Waals surface area contributed by atoms with Gasteiger partial charge in [0.05, 0.1) is 12.7 Å². The highest BCUT2D eigenvalue weighted by molar-refractivity contribution is 9.11. The quantitative estimate of drug-likeness (QED) is 0.864. The predicted octanol–water partition coefficient (Wildman–Crippen LogP) is 2.59. The van der Waals surface area contributed by atoms with Crippen molar-refractivity contribution in [2.24, 2.45) is 0 Å². The second-order valence-corrected chi connectivity index (χ2v) is 5.02. The van der Waals surface area contributed by atoms with Crippen molar-refractivity contribution in [2.75, 3.05) is 12.4 Å². The van der Waals surface area contributed by atoms with E-state index in [9.17, 15) is 4.79 Å². The number of anilines is 1. The zero-order valence-corrected chi connectivity index (χ0v) is 12.4. The van der Waals surface area contributed by atoms with Crippen molar-refractivity contribution in [1.29, 1.82) is 0 Å². The molecule has 0 saturated carbocycles. The molecule has 0 aliphatic rings. The number of H-pyrrole nitrogens is 1. The zero-order valence-electron chi connectivity index (χ0n) is 9.20. The third-order valence-corrected chi connectivity index (χ3v) is 3.20. The Morgan fingerprint density at radius 3 is 2.83 bits per heavy atom. The number of carbonyl (C=O) groups excluding carboxylic acids is 1. The van der Waals surface area contributed by atoms with Gasteiger partial charge in [-0.3, -0.25) is 10.1 Å². The maximum atomic E-state index is 12.0. The van der Waals surface area contributed by atoms with E-state index in [0.29, 0.717) is 10.0 Å². The van der Waals surface area contributed by atoms with E-state index >= 15 is 0 Å². The van der Waals surface area contributed by atoms with Gasteiger partial charge in [0.15, 0.2) is 0 Å². The second kappa shape index (κ2) is 5.49. The number of aromatic nitrogens is 3. The normalized spacial score (nSPS) is 10.2. The summed E-state index contributed by atoms with van der Waals surface area (Å²) >= 11 is 6.64. The second-order valence-electron chi connectivity index (χ2n) is 3.25. The molecular weight excluding hydrogens is 368 g/mol. The van der Waals surface area contributed by atoms with Crippen LogP contribution in [-0.2, 0) is 0 Å². The molecule has 2 N–H and O–H groups in total. The number of ether oxygens (including phenoxy) is 1. The highest BCUT2D eigenvalue weighted by Crippen LogP contribution is 2.22. The number of carbonyl (C=O) groups is 1. The van der Waals surface area contributed by atoms with Crippen LogP contribution in [0.5, 0.6) is 6.01 Å². The van der Waals surface area contributed by atoms with Crippen molar-refractivity contribution in [3.05, 3.63) is 32.7 Å². The van der Waals surface area contributed by atoms with E-state index in [-0.39, 0.29) is 17.9 Å². The number of hydrogen-bond donors (Lipinski definition) is 2. The molecule has 18 heavy (non-hydrogen) atoms. The van der Waals surface area contributed by atoms with E-state index in [0.717, 1.165) is 4.47 Å². The minimum atomic E-state index is -0.298. The van der Waals surface area contributed by atoms with Crippen LogP contribution in [-0.4, -0.2) is 28.2 Å². The summed E-state index contributed by atoms with van der Waals surface area (Å²) in [5.41, 5.74) is 0.494. The summed E-state index contributed by atoms with van der Waals surface area (Å²) in [4.78, 5) is 15.9.